The molecule has 0 saturated carbocycles. The second-order valence-electron chi connectivity index (χ2n) is 3.45. The van der Waals surface area contributed by atoms with E-state index < -0.39 is 33.1 Å². The van der Waals surface area contributed by atoms with Crippen LogP contribution in [0.3, 0.4) is 0 Å². The van der Waals surface area contributed by atoms with Crippen LogP contribution < -0.4 is 4.18 Å². The largest absolute Gasteiger partial charge is 0.534 e. The van der Waals surface area contributed by atoms with Gasteiger partial charge < -0.3 is 14.5 Å². The third-order valence-corrected chi connectivity index (χ3v) is 3.05. The van der Waals surface area contributed by atoms with Crippen LogP contribution in [0, 0.1) is 0 Å². The average molecular weight is 324 g/mol. The molecule has 0 aliphatic rings. The van der Waals surface area contributed by atoms with Crippen molar-refractivity contribution in [2.45, 2.75) is 5.51 Å². The number of methoxy groups -OCH3 is 1. The van der Waals surface area contributed by atoms with E-state index in [9.17, 15) is 26.4 Å². The molecule has 0 spiro atoms. The predicted molar refractivity (Wildman–Crippen MR) is 61.8 cm³/mol. The summed E-state index contributed by atoms with van der Waals surface area (Å²) in [4.78, 5) is 13.9. The molecule has 0 saturated heterocycles. The van der Waals surface area contributed by atoms with Gasteiger partial charge in [-0.2, -0.15) is 26.4 Å². The number of alkyl halides is 3. The molecule has 0 aliphatic carbocycles. The highest BCUT2D eigenvalue weighted by Gasteiger charge is 2.48. The van der Waals surface area contributed by atoms with Crippen molar-refractivity contribution in [1.29, 1.82) is 0 Å². The summed E-state index contributed by atoms with van der Waals surface area (Å²) >= 11 is 0. The molecule has 0 N–H and O–H groups in total. The average Bonchev–Trinajstić information content (AvgIpc) is 2.38. The molecule has 114 valence electrons. The molecule has 21 heavy (non-hydrogen) atoms. The zero-order valence-corrected chi connectivity index (χ0v) is 11.1. The lowest BCUT2D eigenvalue weighted by Crippen LogP contribution is -2.28. The van der Waals surface area contributed by atoms with Crippen LogP contribution in [0.15, 0.2) is 24.3 Å². The monoisotopic (exact) mass is 324 g/mol. The SMILES string of the molecule is COC(=O)C(=[N+]=[N-])c1cccc(OS(=O)(=O)C(F)(F)F)c1. The fraction of sp³-hybridized carbons (Fsp3) is 0.200. The number of nitrogens with zero attached hydrogens (tertiary/aromatic N) is 2. The third-order valence-electron chi connectivity index (χ3n) is 2.08. The molecule has 0 unspecified atom stereocenters. The summed E-state index contributed by atoms with van der Waals surface area (Å²) in [5.41, 5.74) is 2.26. The third kappa shape index (κ3) is 3.80. The normalized spacial score (nSPS) is 11.4. The lowest BCUT2D eigenvalue weighted by molar-refractivity contribution is -0.137. The molecular formula is C10H7F3N2O5S. The Balaban J connectivity index is 3.19. The first-order valence-electron chi connectivity index (χ1n) is 5.04. The van der Waals surface area contributed by atoms with Crippen LogP contribution in [-0.2, 0) is 19.6 Å². The Labute approximate surface area is 116 Å². The zero-order valence-electron chi connectivity index (χ0n) is 10.3. The van der Waals surface area contributed by atoms with Crippen molar-refractivity contribution in [3.63, 3.8) is 0 Å². The number of esters is 1. The number of halogens is 3. The first-order valence-corrected chi connectivity index (χ1v) is 6.44. The van der Waals surface area contributed by atoms with Crippen LogP contribution >= 0.6 is 0 Å². The van der Waals surface area contributed by atoms with Crippen molar-refractivity contribution in [3.05, 3.63) is 35.4 Å². The van der Waals surface area contributed by atoms with E-state index in [2.05, 4.69) is 13.7 Å². The Hall–Kier alpha value is -2.39. The standard InChI is InChI=1S/C10H7F3N2O5S/c1-19-9(16)8(15-14)6-3-2-4-7(5-6)20-21(17,18)10(11,12)13/h2-5H,1H3. The molecule has 11 heteroatoms. The van der Waals surface area contributed by atoms with Gasteiger partial charge in [0.25, 0.3) is 0 Å². The Morgan fingerprint density at radius 2 is 1.95 bits per heavy atom. The zero-order chi connectivity index (χ0) is 16.3. The molecule has 7 nitrogen and oxygen atoms in total. The molecule has 1 rings (SSSR count). The lowest BCUT2D eigenvalue weighted by atomic mass is 10.1. The first-order chi connectivity index (χ1) is 9.62. The summed E-state index contributed by atoms with van der Waals surface area (Å²) in [5.74, 6) is -1.79. The number of carbonyl (C=O) groups excluding carboxylic acids is 1. The second kappa shape index (κ2) is 5.94. The molecule has 0 heterocycles. The lowest BCUT2D eigenvalue weighted by Gasteiger charge is -2.09. The van der Waals surface area contributed by atoms with Gasteiger partial charge in [-0.3, -0.25) is 0 Å². The van der Waals surface area contributed by atoms with Crippen molar-refractivity contribution >= 4 is 21.8 Å². The van der Waals surface area contributed by atoms with Crippen LogP contribution in [0.25, 0.3) is 5.53 Å². The number of rotatable bonds is 4. The molecule has 0 atom stereocenters. The van der Waals surface area contributed by atoms with Crippen LogP contribution in [0.2, 0.25) is 0 Å². The Morgan fingerprint density at radius 3 is 2.43 bits per heavy atom. The predicted octanol–water partition coefficient (Wildman–Crippen LogP) is 1.11. The first kappa shape index (κ1) is 16.7. The van der Waals surface area contributed by atoms with Gasteiger partial charge in [-0.05, 0) is 18.2 Å². The number of benzene rings is 1. The van der Waals surface area contributed by atoms with Crippen molar-refractivity contribution in [3.8, 4) is 5.75 Å². The van der Waals surface area contributed by atoms with Gasteiger partial charge in [0.1, 0.15) is 5.75 Å². The van der Waals surface area contributed by atoms with E-state index >= 15 is 0 Å². The minimum absolute atomic E-state index is 0.195. The van der Waals surface area contributed by atoms with Crippen molar-refractivity contribution in [2.24, 2.45) is 0 Å². The Morgan fingerprint density at radius 1 is 1.33 bits per heavy atom. The van der Waals surface area contributed by atoms with Gasteiger partial charge >= 0.3 is 27.3 Å². The van der Waals surface area contributed by atoms with Crippen LogP contribution in [0.1, 0.15) is 5.56 Å². The van der Waals surface area contributed by atoms with Gasteiger partial charge in [0.2, 0.25) is 0 Å². The van der Waals surface area contributed by atoms with E-state index in [4.69, 9.17) is 5.53 Å². The summed E-state index contributed by atoms with van der Waals surface area (Å²) in [7, 11) is -4.86. The van der Waals surface area contributed by atoms with Crippen LogP contribution in [0.5, 0.6) is 5.75 Å². The molecule has 0 fully saturated rings. The van der Waals surface area contributed by atoms with Crippen molar-refractivity contribution in [2.75, 3.05) is 7.11 Å². The molecule has 1 aromatic carbocycles. The van der Waals surface area contributed by atoms with Crippen LogP contribution in [0.4, 0.5) is 13.2 Å². The van der Waals surface area contributed by atoms with E-state index in [1.807, 2.05) is 0 Å². The van der Waals surface area contributed by atoms with E-state index in [0.29, 0.717) is 0 Å². The van der Waals surface area contributed by atoms with Gasteiger partial charge in [0.15, 0.2) is 0 Å². The number of carbonyl (C=O) groups is 1. The highest BCUT2D eigenvalue weighted by Crippen LogP contribution is 2.27. The number of hydrogen-bond acceptors (Lipinski definition) is 5. The molecular weight excluding hydrogens is 317 g/mol. The van der Waals surface area contributed by atoms with E-state index in [0.717, 1.165) is 25.3 Å². The molecule has 0 amide bonds. The summed E-state index contributed by atoms with van der Waals surface area (Å²) in [6.45, 7) is 0. The highest BCUT2D eigenvalue weighted by molar-refractivity contribution is 7.88. The number of ether oxygens (including phenoxy) is 1. The maximum absolute atomic E-state index is 12.2. The quantitative estimate of drug-likeness (QED) is 0.206. The van der Waals surface area contributed by atoms with Gasteiger partial charge in [-0.15, -0.1) is 0 Å². The summed E-state index contributed by atoms with van der Waals surface area (Å²) in [6, 6.07) is 3.97. The molecule has 0 bridgehead atoms. The minimum atomic E-state index is -5.84. The fourth-order valence-electron chi connectivity index (χ4n) is 1.18. The molecule has 0 aliphatic heterocycles. The fourth-order valence-corrected chi connectivity index (χ4v) is 1.63. The van der Waals surface area contributed by atoms with Crippen molar-refractivity contribution in [1.82, 2.24) is 0 Å². The van der Waals surface area contributed by atoms with Crippen molar-refractivity contribution < 1.29 is 40.1 Å². The molecule has 0 radical (unpaired) electrons. The van der Waals surface area contributed by atoms with E-state index in [1.165, 1.54) is 6.07 Å². The number of hydrogen-bond donors (Lipinski definition) is 0. The topological polar surface area (TPSA) is 106 Å². The van der Waals surface area contributed by atoms with Gasteiger partial charge in [0.05, 0.1) is 12.7 Å². The Kier molecular flexibility index (Phi) is 4.71. The molecule has 0 aromatic heterocycles. The van der Waals surface area contributed by atoms with E-state index in [1.54, 1.807) is 0 Å². The smallest absolute Gasteiger partial charge is 0.460 e. The summed E-state index contributed by atoms with van der Waals surface area (Å²) in [6.07, 6.45) is 0. The maximum Gasteiger partial charge on any atom is 0.534 e. The minimum Gasteiger partial charge on any atom is -0.460 e. The van der Waals surface area contributed by atoms with Crippen LogP contribution in [-0.4, -0.2) is 37.5 Å². The van der Waals surface area contributed by atoms with Gasteiger partial charge in [0, 0.05) is 0 Å². The Bertz CT molecular complexity index is 708. The highest BCUT2D eigenvalue weighted by atomic mass is 32.2. The summed E-state index contributed by atoms with van der Waals surface area (Å²) < 4.78 is 66.4. The van der Waals surface area contributed by atoms with Gasteiger partial charge in [-0.1, -0.05) is 6.07 Å². The maximum atomic E-state index is 12.2. The van der Waals surface area contributed by atoms with Gasteiger partial charge in [-0.25, -0.2) is 4.79 Å². The molecule has 1 aromatic rings. The summed E-state index contributed by atoms with van der Waals surface area (Å²) in [5, 5.41) is 0. The van der Waals surface area contributed by atoms with E-state index in [-0.39, 0.29) is 5.56 Å². The second-order valence-corrected chi connectivity index (χ2v) is 4.99.